The van der Waals surface area contributed by atoms with Gasteiger partial charge in [0.2, 0.25) is 0 Å². The van der Waals surface area contributed by atoms with Crippen molar-refractivity contribution in [2.24, 2.45) is 0 Å². The molecule has 0 atom stereocenters. The number of carboxylic acid groups (broad SMARTS) is 1. The first-order valence-electron chi connectivity index (χ1n) is 15.6. The summed E-state index contributed by atoms with van der Waals surface area (Å²) >= 11 is 0. The second-order valence-electron chi connectivity index (χ2n) is 10.7. The molecule has 0 heterocycles. The summed E-state index contributed by atoms with van der Waals surface area (Å²) in [4.78, 5) is 10.5. The second-order valence-corrected chi connectivity index (χ2v) is 10.7. The number of aliphatic carboxylic acids is 1. The highest BCUT2D eigenvalue weighted by atomic mass is 16.4. The van der Waals surface area contributed by atoms with Crippen LogP contribution >= 0.6 is 0 Å². The molecule has 0 bridgehead atoms. The van der Waals surface area contributed by atoms with Gasteiger partial charge in [-0.05, 0) is 32.1 Å². The van der Waals surface area contributed by atoms with Crippen LogP contribution in [0.2, 0.25) is 0 Å². The average Bonchev–Trinajstić information content (AvgIpc) is 2.83. The van der Waals surface area contributed by atoms with Crippen molar-refractivity contribution in [3.8, 4) is 0 Å². The molecule has 0 aliphatic carbocycles. The number of rotatable bonds is 29. The van der Waals surface area contributed by atoms with Crippen molar-refractivity contribution in [2.75, 3.05) is 0 Å². The topological polar surface area (TPSA) is 37.3 Å². The van der Waals surface area contributed by atoms with E-state index in [0.29, 0.717) is 6.42 Å². The molecule has 0 unspecified atom stereocenters. The fourth-order valence-corrected chi connectivity index (χ4v) is 4.82. The van der Waals surface area contributed by atoms with Crippen LogP contribution in [-0.2, 0) is 4.79 Å². The Hall–Kier alpha value is -0.790. The van der Waals surface area contributed by atoms with E-state index in [1.165, 1.54) is 161 Å². The molecule has 0 amide bonds. The number of hydrogen-bond acceptors (Lipinski definition) is 1. The van der Waals surface area contributed by atoms with Crippen LogP contribution in [0.5, 0.6) is 0 Å². The maximum atomic E-state index is 10.5. The molecule has 0 fully saturated rings. The number of unbranched alkanes of at least 4 members (excludes halogenated alkanes) is 25. The molecule has 0 aromatic carbocycles. The van der Waals surface area contributed by atoms with E-state index < -0.39 is 5.97 Å². The van der Waals surface area contributed by atoms with Gasteiger partial charge in [-0.1, -0.05) is 160 Å². The zero-order valence-electron chi connectivity index (χ0n) is 23.3. The maximum absolute atomic E-state index is 10.5. The fourth-order valence-electron chi connectivity index (χ4n) is 4.82. The van der Waals surface area contributed by atoms with Gasteiger partial charge < -0.3 is 5.11 Å². The SMILES string of the molecule is CCCCCCC=CCCCCCCCCCCCCCCCCCCCCCCCC(=O)O. The molecular formula is C32H62O2. The molecule has 0 aromatic rings. The van der Waals surface area contributed by atoms with Crippen molar-refractivity contribution in [1.29, 1.82) is 0 Å². The molecule has 2 nitrogen and oxygen atoms in total. The van der Waals surface area contributed by atoms with Gasteiger partial charge in [0.05, 0.1) is 0 Å². The first-order chi connectivity index (χ1) is 16.8. The van der Waals surface area contributed by atoms with Crippen molar-refractivity contribution >= 4 is 5.97 Å². The van der Waals surface area contributed by atoms with E-state index in [2.05, 4.69) is 19.1 Å². The van der Waals surface area contributed by atoms with E-state index >= 15 is 0 Å². The monoisotopic (exact) mass is 478 g/mol. The van der Waals surface area contributed by atoms with Crippen molar-refractivity contribution in [1.82, 2.24) is 0 Å². The van der Waals surface area contributed by atoms with Gasteiger partial charge in [0.15, 0.2) is 0 Å². The minimum atomic E-state index is -0.650. The molecule has 34 heavy (non-hydrogen) atoms. The molecule has 0 spiro atoms. The molecule has 1 N–H and O–H groups in total. The van der Waals surface area contributed by atoms with E-state index in [0.717, 1.165) is 12.8 Å². The minimum absolute atomic E-state index is 0.345. The summed E-state index contributed by atoms with van der Waals surface area (Å²) in [6.07, 6.45) is 42.0. The van der Waals surface area contributed by atoms with Crippen molar-refractivity contribution in [3.05, 3.63) is 12.2 Å². The first-order valence-corrected chi connectivity index (χ1v) is 15.6. The van der Waals surface area contributed by atoms with Gasteiger partial charge in [-0.15, -0.1) is 0 Å². The van der Waals surface area contributed by atoms with Crippen molar-refractivity contribution in [3.63, 3.8) is 0 Å². The van der Waals surface area contributed by atoms with E-state index in [-0.39, 0.29) is 0 Å². The molecule has 0 aliphatic rings. The number of allylic oxidation sites excluding steroid dienone is 2. The lowest BCUT2D eigenvalue weighted by Crippen LogP contribution is -1.93. The Bertz CT molecular complexity index is 415. The van der Waals surface area contributed by atoms with Crippen LogP contribution in [0.4, 0.5) is 0 Å². The van der Waals surface area contributed by atoms with Gasteiger partial charge in [0.25, 0.3) is 0 Å². The normalized spacial score (nSPS) is 11.6. The third-order valence-electron chi connectivity index (χ3n) is 7.15. The first kappa shape index (κ1) is 33.2. The third-order valence-corrected chi connectivity index (χ3v) is 7.15. The van der Waals surface area contributed by atoms with E-state index in [1.807, 2.05) is 0 Å². The molecule has 0 saturated heterocycles. The highest BCUT2D eigenvalue weighted by Gasteiger charge is 1.97. The van der Waals surface area contributed by atoms with E-state index in [1.54, 1.807) is 0 Å². The van der Waals surface area contributed by atoms with Crippen LogP contribution in [0.1, 0.15) is 187 Å². The van der Waals surface area contributed by atoms with Gasteiger partial charge in [0, 0.05) is 6.42 Å². The smallest absolute Gasteiger partial charge is 0.303 e. The van der Waals surface area contributed by atoms with Gasteiger partial charge in [0.1, 0.15) is 0 Å². The number of hydrogen-bond donors (Lipinski definition) is 1. The highest BCUT2D eigenvalue weighted by Crippen LogP contribution is 2.15. The van der Waals surface area contributed by atoms with Crippen LogP contribution in [0, 0.1) is 0 Å². The predicted octanol–water partition coefficient (Wildman–Crippen LogP) is 11.6. The average molecular weight is 479 g/mol. The molecule has 0 aliphatic heterocycles. The maximum Gasteiger partial charge on any atom is 0.303 e. The summed E-state index contributed by atoms with van der Waals surface area (Å²) in [5, 5.41) is 8.61. The third kappa shape index (κ3) is 31.2. The summed E-state index contributed by atoms with van der Waals surface area (Å²) in [5.41, 5.74) is 0. The zero-order valence-corrected chi connectivity index (χ0v) is 23.3. The minimum Gasteiger partial charge on any atom is -0.481 e. The summed E-state index contributed by atoms with van der Waals surface area (Å²) in [7, 11) is 0. The Morgan fingerprint density at radius 1 is 0.441 bits per heavy atom. The van der Waals surface area contributed by atoms with Crippen molar-refractivity contribution in [2.45, 2.75) is 187 Å². The standard InChI is InChI=1S/C32H62O2/c1-2-3-4-5-6-7-8-9-10-11-12-13-14-15-16-17-18-19-20-21-22-23-24-25-26-27-28-29-30-31-32(33)34/h7-8H,2-6,9-31H2,1H3,(H,33,34). The summed E-state index contributed by atoms with van der Waals surface area (Å²) < 4.78 is 0. The largest absolute Gasteiger partial charge is 0.481 e. The molecule has 202 valence electrons. The van der Waals surface area contributed by atoms with Gasteiger partial charge in [-0.25, -0.2) is 0 Å². The Kier molecular flexibility index (Phi) is 29.5. The Morgan fingerprint density at radius 2 is 0.706 bits per heavy atom. The van der Waals surface area contributed by atoms with E-state index in [9.17, 15) is 4.79 Å². The van der Waals surface area contributed by atoms with Crippen LogP contribution in [0.25, 0.3) is 0 Å². The summed E-state index contributed by atoms with van der Waals surface area (Å²) in [6, 6.07) is 0. The number of carbonyl (C=O) groups is 1. The van der Waals surface area contributed by atoms with Crippen LogP contribution < -0.4 is 0 Å². The second kappa shape index (κ2) is 30.2. The Balaban J connectivity index is 3.05. The van der Waals surface area contributed by atoms with Gasteiger partial charge >= 0.3 is 5.97 Å². The summed E-state index contributed by atoms with van der Waals surface area (Å²) in [6.45, 7) is 2.28. The van der Waals surface area contributed by atoms with Crippen molar-refractivity contribution < 1.29 is 9.90 Å². The lowest BCUT2D eigenvalue weighted by molar-refractivity contribution is -0.137. The van der Waals surface area contributed by atoms with Crippen LogP contribution in [-0.4, -0.2) is 11.1 Å². The predicted molar refractivity (Wildman–Crippen MR) is 152 cm³/mol. The number of carboxylic acids is 1. The lowest BCUT2D eigenvalue weighted by Gasteiger charge is -2.04. The summed E-state index contributed by atoms with van der Waals surface area (Å²) in [5.74, 6) is -0.650. The van der Waals surface area contributed by atoms with Gasteiger partial charge in [-0.2, -0.15) is 0 Å². The Labute approximate surface area is 214 Å². The Morgan fingerprint density at radius 3 is 1.00 bits per heavy atom. The fraction of sp³-hybridized carbons (Fsp3) is 0.906. The molecule has 0 rings (SSSR count). The molecule has 0 radical (unpaired) electrons. The van der Waals surface area contributed by atoms with Crippen LogP contribution in [0.3, 0.4) is 0 Å². The van der Waals surface area contributed by atoms with E-state index in [4.69, 9.17) is 5.11 Å². The van der Waals surface area contributed by atoms with Gasteiger partial charge in [-0.3, -0.25) is 4.79 Å². The molecule has 2 heteroatoms. The van der Waals surface area contributed by atoms with Crippen LogP contribution in [0.15, 0.2) is 12.2 Å². The zero-order chi connectivity index (χ0) is 24.8. The molecular weight excluding hydrogens is 416 g/mol. The highest BCUT2D eigenvalue weighted by molar-refractivity contribution is 5.66. The quantitative estimate of drug-likeness (QED) is 0.0857. The molecule has 0 aromatic heterocycles. The molecule has 0 saturated carbocycles. The lowest BCUT2D eigenvalue weighted by atomic mass is 10.0.